The van der Waals surface area contributed by atoms with Crippen molar-refractivity contribution in [3.63, 3.8) is 0 Å². The van der Waals surface area contributed by atoms with Crippen LogP contribution in [0.3, 0.4) is 0 Å². The summed E-state index contributed by atoms with van der Waals surface area (Å²) in [5.74, 6) is -0.320. The summed E-state index contributed by atoms with van der Waals surface area (Å²) in [7, 11) is 0. The summed E-state index contributed by atoms with van der Waals surface area (Å²) in [5, 5.41) is 2.85. The Morgan fingerprint density at radius 2 is 1.75 bits per heavy atom. The minimum Gasteiger partial charge on any atom is -0.320 e. The first-order valence-electron chi connectivity index (χ1n) is 6.48. The summed E-state index contributed by atoms with van der Waals surface area (Å²) in [4.78, 5) is 25.9. The van der Waals surface area contributed by atoms with Gasteiger partial charge in [-0.3, -0.25) is 9.59 Å². The molecule has 4 nitrogen and oxygen atoms in total. The van der Waals surface area contributed by atoms with E-state index in [1.165, 1.54) is 6.07 Å². The molecule has 0 atom stereocenters. The zero-order valence-corrected chi connectivity index (χ0v) is 11.9. The van der Waals surface area contributed by atoms with Crippen LogP contribution < -0.4 is 10.9 Å². The lowest BCUT2D eigenvalue weighted by atomic mass is 9.86. The zero-order valence-electron chi connectivity index (χ0n) is 11.9. The Labute approximate surface area is 117 Å². The van der Waals surface area contributed by atoms with E-state index in [2.05, 4.69) is 31.1 Å². The Hall–Kier alpha value is -2.36. The average Bonchev–Trinajstić information content (AvgIpc) is 2.38. The van der Waals surface area contributed by atoms with E-state index in [-0.39, 0.29) is 22.6 Å². The molecular weight excluding hydrogens is 252 g/mol. The highest BCUT2D eigenvalue weighted by molar-refractivity contribution is 6.03. The predicted molar refractivity (Wildman–Crippen MR) is 80.2 cm³/mol. The Balaban J connectivity index is 2.31. The fourth-order valence-electron chi connectivity index (χ4n) is 2.02. The maximum Gasteiger partial charge on any atom is 0.272 e. The van der Waals surface area contributed by atoms with Crippen LogP contribution in [-0.4, -0.2) is 10.9 Å². The number of amides is 1. The van der Waals surface area contributed by atoms with Gasteiger partial charge >= 0.3 is 0 Å². The van der Waals surface area contributed by atoms with Gasteiger partial charge < -0.3 is 10.3 Å². The van der Waals surface area contributed by atoms with Gasteiger partial charge in [0.05, 0.1) is 0 Å². The standard InChI is InChI=1S/C16H18N2O2/c1-16(2,3)11-7-4-5-8-12(11)18-15(20)13-9-6-10-14(19)17-13/h4-10H,1-3H3,(H,17,19)(H,18,20). The third-order valence-electron chi connectivity index (χ3n) is 3.00. The van der Waals surface area contributed by atoms with Crippen LogP contribution >= 0.6 is 0 Å². The molecule has 104 valence electrons. The van der Waals surface area contributed by atoms with Crippen LogP contribution in [0.1, 0.15) is 36.8 Å². The monoisotopic (exact) mass is 270 g/mol. The second-order valence-electron chi connectivity index (χ2n) is 5.68. The van der Waals surface area contributed by atoms with Crippen molar-refractivity contribution in [2.24, 2.45) is 0 Å². The number of anilines is 1. The molecule has 0 radical (unpaired) electrons. The molecule has 0 aliphatic carbocycles. The SMILES string of the molecule is CC(C)(C)c1ccccc1NC(=O)c1cccc(=O)[nH]1. The fraction of sp³-hybridized carbons (Fsp3) is 0.250. The van der Waals surface area contributed by atoms with Crippen molar-refractivity contribution in [2.75, 3.05) is 5.32 Å². The summed E-state index contributed by atoms with van der Waals surface area (Å²) in [6.45, 7) is 6.26. The van der Waals surface area contributed by atoms with Gasteiger partial charge in [-0.05, 0) is 23.1 Å². The lowest BCUT2D eigenvalue weighted by molar-refractivity contribution is 0.102. The third-order valence-corrected chi connectivity index (χ3v) is 3.00. The number of nitrogens with one attached hydrogen (secondary N) is 2. The molecule has 1 amide bonds. The van der Waals surface area contributed by atoms with E-state index in [4.69, 9.17) is 0 Å². The van der Waals surface area contributed by atoms with E-state index in [9.17, 15) is 9.59 Å². The predicted octanol–water partition coefficient (Wildman–Crippen LogP) is 2.92. The van der Waals surface area contributed by atoms with Crippen molar-refractivity contribution < 1.29 is 4.79 Å². The molecule has 0 spiro atoms. The molecule has 0 saturated heterocycles. The van der Waals surface area contributed by atoms with Crippen LogP contribution in [0.15, 0.2) is 47.3 Å². The van der Waals surface area contributed by atoms with Crippen molar-refractivity contribution >= 4 is 11.6 Å². The molecule has 20 heavy (non-hydrogen) atoms. The van der Waals surface area contributed by atoms with Crippen LogP contribution in [0, 0.1) is 0 Å². The van der Waals surface area contributed by atoms with Gasteiger partial charge in [0.25, 0.3) is 5.91 Å². The maximum absolute atomic E-state index is 12.2. The number of carbonyl (C=O) groups is 1. The molecule has 0 bridgehead atoms. The van der Waals surface area contributed by atoms with Crippen molar-refractivity contribution in [2.45, 2.75) is 26.2 Å². The molecule has 1 aromatic carbocycles. The van der Waals surface area contributed by atoms with Crippen molar-refractivity contribution in [1.29, 1.82) is 0 Å². The van der Waals surface area contributed by atoms with Crippen LogP contribution in [-0.2, 0) is 5.41 Å². The highest BCUT2D eigenvalue weighted by atomic mass is 16.2. The second-order valence-corrected chi connectivity index (χ2v) is 5.68. The number of hydrogen-bond acceptors (Lipinski definition) is 2. The van der Waals surface area contributed by atoms with Gasteiger partial charge in [0.1, 0.15) is 5.69 Å². The number of carbonyl (C=O) groups excluding carboxylic acids is 1. The molecule has 1 aromatic heterocycles. The normalized spacial score (nSPS) is 11.2. The summed E-state index contributed by atoms with van der Waals surface area (Å²) >= 11 is 0. The van der Waals surface area contributed by atoms with Crippen LogP contribution in [0.5, 0.6) is 0 Å². The number of hydrogen-bond donors (Lipinski definition) is 2. The molecule has 2 rings (SSSR count). The van der Waals surface area contributed by atoms with E-state index in [1.807, 2.05) is 24.3 Å². The summed E-state index contributed by atoms with van der Waals surface area (Å²) in [6, 6.07) is 12.2. The highest BCUT2D eigenvalue weighted by Crippen LogP contribution is 2.29. The first kappa shape index (κ1) is 14.1. The smallest absolute Gasteiger partial charge is 0.272 e. The summed E-state index contributed by atoms with van der Waals surface area (Å²) in [6.07, 6.45) is 0. The molecule has 0 aliphatic heterocycles. The average molecular weight is 270 g/mol. The van der Waals surface area contributed by atoms with Gasteiger partial charge in [0, 0.05) is 11.8 Å². The number of pyridine rings is 1. The van der Waals surface area contributed by atoms with E-state index < -0.39 is 0 Å². The topological polar surface area (TPSA) is 62.0 Å². The molecule has 0 unspecified atom stereocenters. The number of aromatic nitrogens is 1. The zero-order chi connectivity index (χ0) is 14.8. The van der Waals surface area contributed by atoms with E-state index in [1.54, 1.807) is 12.1 Å². The van der Waals surface area contributed by atoms with E-state index >= 15 is 0 Å². The van der Waals surface area contributed by atoms with Gasteiger partial charge in [0.15, 0.2) is 0 Å². The highest BCUT2D eigenvalue weighted by Gasteiger charge is 2.19. The number of H-pyrrole nitrogens is 1. The fourth-order valence-corrected chi connectivity index (χ4v) is 2.02. The van der Waals surface area contributed by atoms with Crippen molar-refractivity contribution in [3.8, 4) is 0 Å². The van der Waals surface area contributed by atoms with Crippen molar-refractivity contribution in [1.82, 2.24) is 4.98 Å². The molecule has 0 aliphatic rings. The quantitative estimate of drug-likeness (QED) is 0.881. The first-order valence-corrected chi connectivity index (χ1v) is 6.48. The van der Waals surface area contributed by atoms with Gasteiger partial charge in [-0.2, -0.15) is 0 Å². The third kappa shape index (κ3) is 3.15. The van der Waals surface area contributed by atoms with Gasteiger partial charge in [0.2, 0.25) is 5.56 Å². The Bertz CT molecular complexity index is 681. The minimum atomic E-state index is -0.320. The largest absolute Gasteiger partial charge is 0.320 e. The summed E-state index contributed by atoms with van der Waals surface area (Å²) in [5.41, 5.74) is 1.69. The van der Waals surface area contributed by atoms with Crippen LogP contribution in [0.25, 0.3) is 0 Å². The van der Waals surface area contributed by atoms with Gasteiger partial charge in [-0.25, -0.2) is 0 Å². The molecular formula is C16H18N2O2. The molecule has 0 fully saturated rings. The lowest BCUT2D eigenvalue weighted by Gasteiger charge is -2.22. The minimum absolute atomic E-state index is 0.0754. The number of rotatable bonds is 2. The van der Waals surface area contributed by atoms with Crippen LogP contribution in [0.2, 0.25) is 0 Å². The molecule has 2 aromatic rings. The van der Waals surface area contributed by atoms with Gasteiger partial charge in [-0.15, -0.1) is 0 Å². The summed E-state index contributed by atoms with van der Waals surface area (Å²) < 4.78 is 0. The number of para-hydroxylation sites is 1. The Morgan fingerprint density at radius 1 is 1.05 bits per heavy atom. The van der Waals surface area contributed by atoms with Crippen molar-refractivity contribution in [3.05, 3.63) is 64.1 Å². The molecule has 1 heterocycles. The lowest BCUT2D eigenvalue weighted by Crippen LogP contribution is -2.21. The molecule has 0 saturated carbocycles. The molecule has 4 heteroatoms. The van der Waals surface area contributed by atoms with E-state index in [0.717, 1.165) is 11.3 Å². The second kappa shape index (κ2) is 5.33. The van der Waals surface area contributed by atoms with E-state index in [0.29, 0.717) is 0 Å². The Kier molecular flexibility index (Phi) is 3.74. The van der Waals surface area contributed by atoms with Gasteiger partial charge in [-0.1, -0.05) is 45.0 Å². The molecule has 2 N–H and O–H groups in total. The number of aromatic amines is 1. The Morgan fingerprint density at radius 3 is 2.40 bits per heavy atom. The van der Waals surface area contributed by atoms with Crippen LogP contribution in [0.4, 0.5) is 5.69 Å². The maximum atomic E-state index is 12.2. The first-order chi connectivity index (χ1) is 9.38. The number of benzene rings is 1.